The molecule has 0 saturated heterocycles. The quantitative estimate of drug-likeness (QED) is 0.249. The van der Waals surface area contributed by atoms with Crippen LogP contribution in [0, 0.1) is 0 Å². The lowest BCUT2D eigenvalue weighted by atomic mass is 9.67. The molecule has 1 nitrogen and oxygen atoms in total. The third-order valence-electron chi connectivity index (χ3n) is 7.07. The number of carbonyl (C=O) groups is 1. The van der Waals surface area contributed by atoms with Gasteiger partial charge in [-0.3, -0.25) is 4.79 Å². The Morgan fingerprint density at radius 3 is 1.34 bits per heavy atom. The van der Waals surface area contributed by atoms with E-state index >= 15 is 0 Å². The average molecular weight is 544 g/mol. The van der Waals surface area contributed by atoms with Crippen LogP contribution in [0.4, 0.5) is 0 Å². The van der Waals surface area contributed by atoms with Crippen LogP contribution in [0.5, 0.6) is 0 Å². The molecule has 4 atom stereocenters. The number of Topliss-reactive ketones (excluding diaryl/α,β-unsaturated/α-hetero) is 1. The molecule has 0 aromatic heterocycles. The second kappa shape index (κ2) is 7.83. The molecule has 3 heteroatoms. The van der Waals surface area contributed by atoms with Crippen LogP contribution >= 0.6 is 31.9 Å². The molecule has 6 rings (SSSR count). The molecule has 2 aliphatic carbocycles. The molecule has 2 aliphatic rings. The van der Waals surface area contributed by atoms with Gasteiger partial charge in [0.05, 0.1) is 11.8 Å². The average Bonchev–Trinajstić information content (AvgIpc) is 3.13. The number of hydrogen-bond acceptors (Lipinski definition) is 1. The highest BCUT2D eigenvalue weighted by Crippen LogP contribution is 2.63. The van der Waals surface area contributed by atoms with Gasteiger partial charge < -0.3 is 0 Å². The summed E-state index contributed by atoms with van der Waals surface area (Å²) in [6.45, 7) is 0. The first-order valence-corrected chi connectivity index (χ1v) is 12.4. The smallest absolute Gasteiger partial charge is 0.149 e. The third kappa shape index (κ3) is 3.06. The lowest BCUT2D eigenvalue weighted by Crippen LogP contribution is -2.19. The summed E-state index contributed by atoms with van der Waals surface area (Å²) in [6, 6.07) is 33.8. The van der Waals surface area contributed by atoms with Gasteiger partial charge in [-0.05, 0) is 57.6 Å². The molecular formula is C29H20Br2O. The van der Waals surface area contributed by atoms with Crippen molar-refractivity contribution < 1.29 is 4.79 Å². The van der Waals surface area contributed by atoms with Crippen molar-refractivity contribution in [3.8, 4) is 11.1 Å². The van der Waals surface area contributed by atoms with Crippen LogP contribution in [0.1, 0.15) is 45.9 Å². The fourth-order valence-corrected chi connectivity index (χ4v) is 6.60. The predicted molar refractivity (Wildman–Crippen MR) is 136 cm³/mol. The molecule has 0 radical (unpaired) electrons. The van der Waals surface area contributed by atoms with Crippen LogP contribution in [-0.2, 0) is 4.79 Å². The number of benzene rings is 4. The largest absolute Gasteiger partial charge is 0.298 e. The second-order valence-electron chi connectivity index (χ2n) is 8.69. The minimum atomic E-state index is -0.164. The van der Waals surface area contributed by atoms with Crippen molar-refractivity contribution in [2.24, 2.45) is 0 Å². The SMILES string of the molecule is O=C1C(c2ccccc2)C2c3ccc(Br)cc3-c3cc(Br)ccc3C2C1c1ccccc1. The third-order valence-corrected chi connectivity index (χ3v) is 8.06. The Balaban J connectivity index is 1.66. The van der Waals surface area contributed by atoms with E-state index in [9.17, 15) is 4.79 Å². The molecular weight excluding hydrogens is 524 g/mol. The first-order chi connectivity index (χ1) is 15.6. The van der Waals surface area contributed by atoms with Crippen LogP contribution < -0.4 is 0 Å². The molecule has 4 aromatic carbocycles. The highest BCUT2D eigenvalue weighted by Gasteiger charge is 2.54. The van der Waals surface area contributed by atoms with Crippen LogP contribution in [0.15, 0.2) is 106 Å². The number of carbonyl (C=O) groups excluding carboxylic acids is 1. The van der Waals surface area contributed by atoms with Gasteiger partial charge in [-0.25, -0.2) is 0 Å². The van der Waals surface area contributed by atoms with Gasteiger partial charge in [0.25, 0.3) is 0 Å². The molecule has 0 heterocycles. The molecule has 156 valence electrons. The van der Waals surface area contributed by atoms with Crippen molar-refractivity contribution in [2.75, 3.05) is 0 Å². The number of hydrogen-bond donors (Lipinski definition) is 0. The summed E-state index contributed by atoms with van der Waals surface area (Å²) in [5.74, 6) is 0.201. The van der Waals surface area contributed by atoms with Gasteiger partial charge in [-0.2, -0.15) is 0 Å². The van der Waals surface area contributed by atoms with Crippen molar-refractivity contribution in [3.63, 3.8) is 0 Å². The Morgan fingerprint density at radius 2 is 0.938 bits per heavy atom. The van der Waals surface area contributed by atoms with E-state index in [2.05, 4.69) is 92.5 Å². The number of halogens is 2. The van der Waals surface area contributed by atoms with E-state index in [-0.39, 0.29) is 23.7 Å². The highest BCUT2D eigenvalue weighted by atomic mass is 79.9. The maximum absolute atomic E-state index is 14.2. The standard InChI is InChI=1S/C29H20Br2O/c30-19-11-13-21-23(15-19)24-16-20(31)12-14-22(24)28-26(18-9-5-2-6-10-18)29(32)25(27(21)28)17-7-3-1-4-8-17/h1-16,25-28H. The van der Waals surface area contributed by atoms with E-state index in [1.165, 1.54) is 22.3 Å². The number of rotatable bonds is 2. The van der Waals surface area contributed by atoms with Crippen LogP contribution in [0.3, 0.4) is 0 Å². The lowest BCUT2D eigenvalue weighted by Gasteiger charge is -2.35. The van der Waals surface area contributed by atoms with Crippen molar-refractivity contribution in [1.82, 2.24) is 0 Å². The van der Waals surface area contributed by atoms with E-state index in [0.29, 0.717) is 5.78 Å². The van der Waals surface area contributed by atoms with Gasteiger partial charge in [-0.1, -0.05) is 105 Å². The molecule has 0 N–H and O–H groups in total. The Hall–Kier alpha value is -2.49. The Bertz CT molecular complexity index is 1230. The first kappa shape index (κ1) is 20.1. The van der Waals surface area contributed by atoms with Gasteiger partial charge in [-0.15, -0.1) is 0 Å². The first-order valence-electron chi connectivity index (χ1n) is 10.9. The lowest BCUT2D eigenvalue weighted by molar-refractivity contribution is -0.120. The van der Waals surface area contributed by atoms with E-state index in [0.717, 1.165) is 20.1 Å². The van der Waals surface area contributed by atoms with Gasteiger partial charge in [0, 0.05) is 20.8 Å². The molecule has 1 fully saturated rings. The van der Waals surface area contributed by atoms with Crippen molar-refractivity contribution in [2.45, 2.75) is 23.7 Å². The van der Waals surface area contributed by atoms with E-state index in [1.54, 1.807) is 0 Å². The van der Waals surface area contributed by atoms with Crippen LogP contribution in [-0.4, -0.2) is 5.78 Å². The fraction of sp³-hybridized carbons (Fsp3) is 0.138. The van der Waals surface area contributed by atoms with E-state index in [1.807, 2.05) is 36.4 Å². The summed E-state index contributed by atoms with van der Waals surface area (Å²) >= 11 is 7.35. The Kier molecular flexibility index (Phi) is 4.93. The van der Waals surface area contributed by atoms with Crippen molar-refractivity contribution >= 4 is 37.6 Å². The highest BCUT2D eigenvalue weighted by molar-refractivity contribution is 9.10. The van der Waals surface area contributed by atoms with Crippen LogP contribution in [0.2, 0.25) is 0 Å². The maximum atomic E-state index is 14.2. The molecule has 0 spiro atoms. The molecule has 1 saturated carbocycles. The minimum Gasteiger partial charge on any atom is -0.298 e. The monoisotopic (exact) mass is 542 g/mol. The van der Waals surface area contributed by atoms with E-state index in [4.69, 9.17) is 0 Å². The molecule has 4 unspecified atom stereocenters. The summed E-state index contributed by atoms with van der Waals surface area (Å²) in [5, 5.41) is 0. The van der Waals surface area contributed by atoms with Gasteiger partial charge >= 0.3 is 0 Å². The Labute approximate surface area is 204 Å². The maximum Gasteiger partial charge on any atom is 0.149 e. The molecule has 32 heavy (non-hydrogen) atoms. The number of ketones is 1. The zero-order valence-electron chi connectivity index (χ0n) is 17.2. The summed E-state index contributed by atoms with van der Waals surface area (Å²) in [5.41, 5.74) is 7.20. The normalized spacial score (nSPS) is 23.4. The zero-order chi connectivity index (χ0) is 21.8. The molecule has 0 amide bonds. The van der Waals surface area contributed by atoms with Gasteiger partial charge in [0.15, 0.2) is 0 Å². The summed E-state index contributed by atoms with van der Waals surface area (Å²) < 4.78 is 2.11. The second-order valence-corrected chi connectivity index (χ2v) is 10.5. The van der Waals surface area contributed by atoms with Gasteiger partial charge in [0.2, 0.25) is 0 Å². The minimum absolute atomic E-state index is 0.104. The summed E-state index contributed by atoms with van der Waals surface area (Å²) in [7, 11) is 0. The molecule has 4 aromatic rings. The van der Waals surface area contributed by atoms with Gasteiger partial charge in [0.1, 0.15) is 5.78 Å². The van der Waals surface area contributed by atoms with Crippen LogP contribution in [0.25, 0.3) is 11.1 Å². The topological polar surface area (TPSA) is 17.1 Å². The fourth-order valence-electron chi connectivity index (χ4n) is 5.88. The predicted octanol–water partition coefficient (Wildman–Crippen LogP) is 8.21. The van der Waals surface area contributed by atoms with E-state index < -0.39 is 0 Å². The summed E-state index contributed by atoms with van der Waals surface area (Å²) in [4.78, 5) is 14.2. The Morgan fingerprint density at radius 1 is 0.531 bits per heavy atom. The zero-order valence-corrected chi connectivity index (χ0v) is 20.4. The summed E-state index contributed by atoms with van der Waals surface area (Å²) in [6.07, 6.45) is 0. The molecule has 0 aliphatic heterocycles. The molecule has 0 bridgehead atoms. The number of fused-ring (bicyclic) bond motifs is 6. The van der Waals surface area contributed by atoms with Crippen molar-refractivity contribution in [3.05, 3.63) is 128 Å². The van der Waals surface area contributed by atoms with Crippen molar-refractivity contribution in [1.29, 1.82) is 0 Å².